The fourth-order valence-electron chi connectivity index (χ4n) is 3.33. The lowest BCUT2D eigenvalue weighted by Gasteiger charge is -2.38. The van der Waals surface area contributed by atoms with Crippen molar-refractivity contribution in [1.82, 2.24) is 5.32 Å². The van der Waals surface area contributed by atoms with Gasteiger partial charge in [0, 0.05) is 25.2 Å². The molecule has 1 amide bonds. The predicted octanol–water partition coefficient (Wildman–Crippen LogP) is 3.03. The molecule has 1 fully saturated rings. The standard InChI is InChI=1S/C17H27N3O/c1-4-19-17(21)13-9-10-16(14(18)11-13)20(3)15-8-6-5-7-12(15)2/h9-12,15H,4-8,18H2,1-3H3,(H,19,21). The third-order valence-corrected chi connectivity index (χ3v) is 4.57. The van der Waals surface area contributed by atoms with Crippen LogP contribution < -0.4 is 16.0 Å². The first-order valence-electron chi connectivity index (χ1n) is 7.95. The Hall–Kier alpha value is -1.71. The highest BCUT2D eigenvalue weighted by atomic mass is 16.1. The van der Waals surface area contributed by atoms with E-state index in [1.165, 1.54) is 25.7 Å². The predicted molar refractivity (Wildman–Crippen MR) is 88.7 cm³/mol. The Morgan fingerprint density at radius 3 is 2.71 bits per heavy atom. The number of nitrogen functional groups attached to an aromatic ring is 1. The summed E-state index contributed by atoms with van der Waals surface area (Å²) in [5.74, 6) is 0.621. The SMILES string of the molecule is CCNC(=O)c1ccc(N(C)C2CCCCC2C)c(N)c1. The van der Waals surface area contributed by atoms with Crippen molar-refractivity contribution in [1.29, 1.82) is 0 Å². The molecule has 0 aromatic heterocycles. The lowest BCUT2D eigenvalue weighted by molar-refractivity contribution is 0.0956. The molecular formula is C17H27N3O. The summed E-state index contributed by atoms with van der Waals surface area (Å²) in [6, 6.07) is 6.16. The van der Waals surface area contributed by atoms with Gasteiger partial charge < -0.3 is 16.0 Å². The Labute approximate surface area is 127 Å². The first-order valence-corrected chi connectivity index (χ1v) is 7.95. The molecule has 0 aliphatic heterocycles. The van der Waals surface area contributed by atoms with Crippen molar-refractivity contribution in [3.63, 3.8) is 0 Å². The van der Waals surface area contributed by atoms with E-state index in [0.717, 1.165) is 5.69 Å². The number of hydrogen-bond donors (Lipinski definition) is 2. The minimum absolute atomic E-state index is 0.0653. The lowest BCUT2D eigenvalue weighted by Crippen LogP contribution is -2.39. The maximum Gasteiger partial charge on any atom is 0.251 e. The van der Waals surface area contributed by atoms with Gasteiger partial charge in [-0.2, -0.15) is 0 Å². The Balaban J connectivity index is 2.18. The van der Waals surface area contributed by atoms with Crippen LogP contribution in [0.4, 0.5) is 11.4 Å². The number of carbonyl (C=O) groups excluding carboxylic acids is 1. The molecular weight excluding hydrogens is 262 g/mol. The van der Waals surface area contributed by atoms with Crippen LogP contribution in [-0.2, 0) is 0 Å². The third-order valence-electron chi connectivity index (χ3n) is 4.57. The maximum absolute atomic E-state index is 11.9. The lowest BCUT2D eigenvalue weighted by atomic mass is 9.85. The molecule has 4 nitrogen and oxygen atoms in total. The summed E-state index contributed by atoms with van der Waals surface area (Å²) in [4.78, 5) is 14.1. The van der Waals surface area contributed by atoms with Gasteiger partial charge in [0.2, 0.25) is 0 Å². The highest BCUT2D eigenvalue weighted by Gasteiger charge is 2.26. The van der Waals surface area contributed by atoms with Crippen LogP contribution in [0.1, 0.15) is 49.9 Å². The first kappa shape index (κ1) is 15.7. The molecule has 1 aromatic rings. The minimum atomic E-state index is -0.0653. The Morgan fingerprint density at radius 2 is 2.10 bits per heavy atom. The smallest absolute Gasteiger partial charge is 0.251 e. The van der Waals surface area contributed by atoms with Gasteiger partial charge in [-0.1, -0.05) is 19.8 Å². The molecule has 2 rings (SSSR count). The molecule has 0 saturated heterocycles. The molecule has 1 aliphatic rings. The highest BCUT2D eigenvalue weighted by Crippen LogP contribution is 2.33. The summed E-state index contributed by atoms with van der Waals surface area (Å²) >= 11 is 0. The molecule has 1 saturated carbocycles. The van der Waals surface area contributed by atoms with Gasteiger partial charge in [-0.25, -0.2) is 0 Å². The van der Waals surface area contributed by atoms with Crippen LogP contribution in [-0.4, -0.2) is 25.5 Å². The number of carbonyl (C=O) groups is 1. The Bertz CT molecular complexity index is 501. The molecule has 1 aromatic carbocycles. The fourth-order valence-corrected chi connectivity index (χ4v) is 3.33. The second kappa shape index (κ2) is 6.83. The van der Waals surface area contributed by atoms with Gasteiger partial charge in [0.05, 0.1) is 11.4 Å². The van der Waals surface area contributed by atoms with Crippen molar-refractivity contribution >= 4 is 17.3 Å². The van der Waals surface area contributed by atoms with Crippen LogP contribution in [0.3, 0.4) is 0 Å². The third kappa shape index (κ3) is 3.49. The van der Waals surface area contributed by atoms with E-state index in [1.54, 1.807) is 6.07 Å². The van der Waals surface area contributed by atoms with E-state index < -0.39 is 0 Å². The van der Waals surface area contributed by atoms with Crippen molar-refractivity contribution in [3.05, 3.63) is 23.8 Å². The number of hydrogen-bond acceptors (Lipinski definition) is 3. The molecule has 3 N–H and O–H groups in total. The molecule has 21 heavy (non-hydrogen) atoms. The molecule has 2 atom stereocenters. The van der Waals surface area contributed by atoms with Crippen LogP contribution in [0.5, 0.6) is 0 Å². The van der Waals surface area contributed by atoms with Gasteiger partial charge in [0.25, 0.3) is 5.91 Å². The number of benzene rings is 1. The van der Waals surface area contributed by atoms with E-state index in [2.05, 4.69) is 24.2 Å². The summed E-state index contributed by atoms with van der Waals surface area (Å²) in [6.07, 6.45) is 5.12. The van der Waals surface area contributed by atoms with Crippen molar-refractivity contribution in [3.8, 4) is 0 Å². The Kier molecular flexibility index (Phi) is 5.10. The summed E-state index contributed by atoms with van der Waals surface area (Å²) < 4.78 is 0. The Morgan fingerprint density at radius 1 is 1.38 bits per heavy atom. The van der Waals surface area contributed by atoms with Crippen LogP contribution >= 0.6 is 0 Å². The molecule has 0 heterocycles. The zero-order chi connectivity index (χ0) is 15.4. The molecule has 4 heteroatoms. The van der Waals surface area contributed by atoms with Gasteiger partial charge in [-0.15, -0.1) is 0 Å². The topological polar surface area (TPSA) is 58.4 Å². The monoisotopic (exact) mass is 289 g/mol. The second-order valence-electron chi connectivity index (χ2n) is 6.07. The fraction of sp³-hybridized carbons (Fsp3) is 0.588. The van der Waals surface area contributed by atoms with E-state index >= 15 is 0 Å². The molecule has 116 valence electrons. The summed E-state index contributed by atoms with van der Waals surface area (Å²) in [7, 11) is 2.12. The summed E-state index contributed by atoms with van der Waals surface area (Å²) in [5, 5.41) is 2.80. The molecule has 1 aliphatic carbocycles. The van der Waals surface area contributed by atoms with Crippen molar-refractivity contribution < 1.29 is 4.79 Å². The van der Waals surface area contributed by atoms with E-state index in [0.29, 0.717) is 29.8 Å². The van der Waals surface area contributed by atoms with Gasteiger partial charge in [0.15, 0.2) is 0 Å². The number of nitrogens with zero attached hydrogens (tertiary/aromatic N) is 1. The number of amides is 1. The number of nitrogens with one attached hydrogen (secondary N) is 1. The number of nitrogens with two attached hydrogens (primary N) is 1. The van der Waals surface area contributed by atoms with Gasteiger partial charge >= 0.3 is 0 Å². The van der Waals surface area contributed by atoms with Gasteiger partial charge in [0.1, 0.15) is 0 Å². The molecule has 0 bridgehead atoms. The van der Waals surface area contributed by atoms with E-state index in [9.17, 15) is 4.79 Å². The van der Waals surface area contributed by atoms with Crippen LogP contribution in [0.15, 0.2) is 18.2 Å². The summed E-state index contributed by atoms with van der Waals surface area (Å²) in [6.45, 7) is 4.85. The van der Waals surface area contributed by atoms with Gasteiger partial charge in [-0.3, -0.25) is 4.79 Å². The first-order chi connectivity index (χ1) is 10.0. The zero-order valence-electron chi connectivity index (χ0n) is 13.4. The van der Waals surface area contributed by atoms with Crippen LogP contribution in [0.2, 0.25) is 0 Å². The van der Waals surface area contributed by atoms with Crippen molar-refractivity contribution in [2.24, 2.45) is 5.92 Å². The largest absolute Gasteiger partial charge is 0.397 e. The number of rotatable bonds is 4. The van der Waals surface area contributed by atoms with E-state index in [1.807, 2.05) is 19.1 Å². The maximum atomic E-state index is 11.9. The minimum Gasteiger partial charge on any atom is -0.397 e. The molecule has 2 unspecified atom stereocenters. The summed E-state index contributed by atoms with van der Waals surface area (Å²) in [5.41, 5.74) is 8.52. The van der Waals surface area contributed by atoms with E-state index in [-0.39, 0.29) is 5.91 Å². The average molecular weight is 289 g/mol. The quantitative estimate of drug-likeness (QED) is 0.838. The zero-order valence-corrected chi connectivity index (χ0v) is 13.4. The second-order valence-corrected chi connectivity index (χ2v) is 6.07. The van der Waals surface area contributed by atoms with Crippen LogP contribution in [0, 0.1) is 5.92 Å². The highest BCUT2D eigenvalue weighted by molar-refractivity contribution is 5.96. The van der Waals surface area contributed by atoms with Crippen molar-refractivity contribution in [2.75, 3.05) is 24.2 Å². The normalized spacial score (nSPS) is 21.9. The molecule has 0 radical (unpaired) electrons. The van der Waals surface area contributed by atoms with Crippen LogP contribution in [0.25, 0.3) is 0 Å². The van der Waals surface area contributed by atoms with Crippen molar-refractivity contribution in [2.45, 2.75) is 45.6 Å². The average Bonchev–Trinajstić information content (AvgIpc) is 2.47. The van der Waals surface area contributed by atoms with E-state index in [4.69, 9.17) is 5.73 Å². The number of anilines is 2. The van der Waals surface area contributed by atoms with Gasteiger partial charge in [-0.05, 0) is 43.9 Å². The molecule has 0 spiro atoms.